The van der Waals surface area contributed by atoms with Crippen LogP contribution < -0.4 is 15.5 Å². The predicted molar refractivity (Wildman–Crippen MR) is 137 cm³/mol. The molecule has 0 saturated carbocycles. The molecule has 3 aliphatic rings. The van der Waals surface area contributed by atoms with E-state index in [1.165, 1.54) is 18.3 Å². The average molecular weight is 507 g/mol. The highest BCUT2D eigenvalue weighted by atomic mass is 32.1. The van der Waals surface area contributed by atoms with Crippen LogP contribution in [0.1, 0.15) is 28.8 Å². The molecule has 0 radical (unpaired) electrons. The van der Waals surface area contributed by atoms with E-state index in [0.29, 0.717) is 30.3 Å². The molecular formula is C27H24F2N4O2S. The second-order valence-electron chi connectivity index (χ2n) is 9.32. The largest absolute Gasteiger partial charge is 0.364 e. The normalized spacial score (nSPS) is 20.9. The van der Waals surface area contributed by atoms with Crippen molar-refractivity contribution in [1.82, 2.24) is 10.2 Å². The van der Waals surface area contributed by atoms with Crippen LogP contribution in [0.2, 0.25) is 0 Å². The predicted octanol–water partition coefficient (Wildman–Crippen LogP) is 4.70. The van der Waals surface area contributed by atoms with Crippen molar-refractivity contribution in [2.24, 2.45) is 0 Å². The molecule has 1 aromatic heterocycles. The molecule has 2 aromatic carbocycles. The molecule has 0 aliphatic carbocycles. The number of hydrogen-bond donors (Lipinski definition) is 2. The van der Waals surface area contributed by atoms with Gasteiger partial charge in [-0.05, 0) is 71.6 Å². The van der Waals surface area contributed by atoms with E-state index in [0.717, 1.165) is 37.1 Å². The molecule has 4 heterocycles. The summed E-state index contributed by atoms with van der Waals surface area (Å²) in [4.78, 5) is 29.2. The van der Waals surface area contributed by atoms with Crippen molar-refractivity contribution in [3.63, 3.8) is 0 Å². The highest BCUT2D eigenvalue weighted by Crippen LogP contribution is 2.33. The zero-order chi connectivity index (χ0) is 24.8. The summed E-state index contributed by atoms with van der Waals surface area (Å²) in [5.41, 5.74) is 3.06. The highest BCUT2D eigenvalue weighted by Gasteiger charge is 2.33. The van der Waals surface area contributed by atoms with Crippen molar-refractivity contribution in [2.75, 3.05) is 36.4 Å². The maximum atomic E-state index is 15.1. The fourth-order valence-corrected chi connectivity index (χ4v) is 6.04. The van der Waals surface area contributed by atoms with Gasteiger partial charge in [-0.25, -0.2) is 8.78 Å². The van der Waals surface area contributed by atoms with Crippen molar-refractivity contribution >= 4 is 40.1 Å². The number of thiophene rings is 1. The molecule has 3 aliphatic heterocycles. The lowest BCUT2D eigenvalue weighted by atomic mass is 9.92. The zero-order valence-corrected chi connectivity index (χ0v) is 20.2. The fraction of sp³-hybridized carbons (Fsp3) is 0.259. The number of anilines is 2. The number of piperazine rings is 1. The Morgan fingerprint density at radius 2 is 1.81 bits per heavy atom. The Balaban J connectivity index is 1.28. The third kappa shape index (κ3) is 4.08. The van der Waals surface area contributed by atoms with Crippen LogP contribution in [0.4, 0.5) is 20.2 Å². The number of rotatable bonds is 4. The SMILES string of the molecule is O=C1NC(=O)c2ccc(-c3ccsc3)cc2/C1=C/Nc1cc(F)c(N2CCN3CCC[C@H]3C2)c(F)c1. The van der Waals surface area contributed by atoms with Crippen molar-refractivity contribution in [3.8, 4) is 11.1 Å². The first-order chi connectivity index (χ1) is 17.5. The Bertz CT molecular complexity index is 1370. The number of amides is 2. The number of nitrogens with zero attached hydrogens (tertiary/aromatic N) is 2. The molecule has 2 fully saturated rings. The van der Waals surface area contributed by atoms with Crippen LogP contribution in [0.5, 0.6) is 0 Å². The lowest BCUT2D eigenvalue weighted by Gasteiger charge is -2.39. The molecule has 3 aromatic rings. The van der Waals surface area contributed by atoms with E-state index in [9.17, 15) is 9.59 Å². The maximum absolute atomic E-state index is 15.1. The van der Waals surface area contributed by atoms with Crippen molar-refractivity contribution in [3.05, 3.63) is 76.1 Å². The minimum atomic E-state index is -0.647. The van der Waals surface area contributed by atoms with Gasteiger partial charge < -0.3 is 10.2 Å². The molecule has 1 atom stereocenters. The molecule has 0 spiro atoms. The van der Waals surface area contributed by atoms with Crippen LogP contribution >= 0.6 is 11.3 Å². The molecule has 6 nitrogen and oxygen atoms in total. The lowest BCUT2D eigenvalue weighted by molar-refractivity contribution is -0.114. The fourth-order valence-electron chi connectivity index (χ4n) is 5.38. The molecule has 0 unspecified atom stereocenters. The summed E-state index contributed by atoms with van der Waals surface area (Å²) >= 11 is 1.55. The first kappa shape index (κ1) is 22.9. The van der Waals surface area contributed by atoms with Crippen LogP contribution in [-0.4, -0.2) is 48.9 Å². The molecule has 2 amide bonds. The Kier molecular flexibility index (Phi) is 5.81. The van der Waals surface area contributed by atoms with Gasteiger partial charge in [-0.15, -0.1) is 0 Å². The Labute approximate surface area is 211 Å². The van der Waals surface area contributed by atoms with Gasteiger partial charge in [0, 0.05) is 48.7 Å². The van der Waals surface area contributed by atoms with Crippen LogP contribution in [0.25, 0.3) is 16.7 Å². The lowest BCUT2D eigenvalue weighted by Crippen LogP contribution is -2.50. The van der Waals surface area contributed by atoms with E-state index in [1.54, 1.807) is 28.4 Å². The number of nitrogens with one attached hydrogen (secondary N) is 2. The second-order valence-corrected chi connectivity index (χ2v) is 10.1. The van der Waals surface area contributed by atoms with Crippen LogP contribution in [0, 0.1) is 11.6 Å². The van der Waals surface area contributed by atoms with Crippen LogP contribution in [-0.2, 0) is 4.79 Å². The van der Waals surface area contributed by atoms with Gasteiger partial charge in [-0.1, -0.05) is 6.07 Å². The summed E-state index contributed by atoms with van der Waals surface area (Å²) in [7, 11) is 0. The molecule has 0 bridgehead atoms. The van der Waals surface area contributed by atoms with Crippen LogP contribution in [0.15, 0.2) is 53.4 Å². The van der Waals surface area contributed by atoms with Gasteiger partial charge in [0.1, 0.15) is 5.69 Å². The summed E-state index contributed by atoms with van der Waals surface area (Å²) in [6, 6.07) is 10.1. The summed E-state index contributed by atoms with van der Waals surface area (Å²) in [6.45, 7) is 3.05. The quantitative estimate of drug-likeness (QED) is 0.397. The summed E-state index contributed by atoms with van der Waals surface area (Å²) < 4.78 is 30.2. The molecule has 6 rings (SSSR count). The van der Waals surface area contributed by atoms with Gasteiger partial charge >= 0.3 is 0 Å². The minimum absolute atomic E-state index is 0.00786. The molecule has 9 heteroatoms. The van der Waals surface area contributed by atoms with Gasteiger partial charge in [0.05, 0.1) is 5.57 Å². The van der Waals surface area contributed by atoms with Gasteiger partial charge in [0.2, 0.25) is 0 Å². The Morgan fingerprint density at radius 1 is 0.972 bits per heavy atom. The van der Waals surface area contributed by atoms with E-state index >= 15 is 8.78 Å². The summed E-state index contributed by atoms with van der Waals surface area (Å²) in [6.07, 6.45) is 3.56. The number of hydrogen-bond acceptors (Lipinski definition) is 6. The molecule has 36 heavy (non-hydrogen) atoms. The number of carbonyl (C=O) groups is 2. The molecule has 184 valence electrons. The first-order valence-corrected chi connectivity index (χ1v) is 12.9. The van der Waals surface area contributed by atoms with Gasteiger partial charge in [0.15, 0.2) is 11.6 Å². The highest BCUT2D eigenvalue weighted by molar-refractivity contribution is 7.08. The summed E-state index contributed by atoms with van der Waals surface area (Å²) in [5.74, 6) is -2.35. The molecule has 2 saturated heterocycles. The summed E-state index contributed by atoms with van der Waals surface area (Å²) in [5, 5.41) is 9.12. The number of halogens is 2. The average Bonchev–Trinajstić information content (AvgIpc) is 3.55. The van der Waals surface area contributed by atoms with E-state index in [-0.39, 0.29) is 16.9 Å². The standard InChI is InChI=1S/C27H24F2N4O2S/c28-23-11-18(12-24(29)25(23)33-8-7-32-6-1-2-19(32)14-33)30-13-22-21-10-16(17-5-9-36-15-17)3-4-20(21)26(34)31-27(22)35/h3-5,9-13,15,19,30H,1-2,6-8,14H2,(H,31,34,35)/b22-13-/t19-/m0/s1. The molecular weight excluding hydrogens is 482 g/mol. The topological polar surface area (TPSA) is 64.7 Å². The van der Waals surface area contributed by atoms with Gasteiger partial charge in [0.25, 0.3) is 11.8 Å². The second kappa shape index (κ2) is 9.15. The maximum Gasteiger partial charge on any atom is 0.260 e. The van der Waals surface area contributed by atoms with E-state index in [4.69, 9.17) is 0 Å². The Hall–Kier alpha value is -3.56. The van der Waals surface area contributed by atoms with E-state index in [2.05, 4.69) is 15.5 Å². The number of benzene rings is 2. The molecule has 2 N–H and O–H groups in total. The minimum Gasteiger partial charge on any atom is -0.364 e. The third-order valence-corrected chi connectivity index (χ3v) is 7.87. The number of fused-ring (bicyclic) bond motifs is 2. The number of carbonyl (C=O) groups excluding carboxylic acids is 2. The van der Waals surface area contributed by atoms with Crippen molar-refractivity contribution in [2.45, 2.75) is 18.9 Å². The smallest absolute Gasteiger partial charge is 0.260 e. The monoisotopic (exact) mass is 506 g/mol. The van der Waals surface area contributed by atoms with E-state index in [1.807, 2.05) is 22.9 Å². The Morgan fingerprint density at radius 3 is 2.58 bits per heavy atom. The first-order valence-electron chi connectivity index (χ1n) is 12.0. The number of imide groups is 1. The van der Waals surface area contributed by atoms with Crippen LogP contribution in [0.3, 0.4) is 0 Å². The van der Waals surface area contributed by atoms with Crippen molar-refractivity contribution in [1.29, 1.82) is 0 Å². The van der Waals surface area contributed by atoms with Gasteiger partial charge in [-0.2, -0.15) is 11.3 Å². The van der Waals surface area contributed by atoms with Gasteiger partial charge in [-0.3, -0.25) is 19.8 Å². The van der Waals surface area contributed by atoms with E-state index < -0.39 is 23.4 Å². The zero-order valence-electron chi connectivity index (χ0n) is 19.4. The van der Waals surface area contributed by atoms with Crippen molar-refractivity contribution < 1.29 is 18.4 Å². The third-order valence-electron chi connectivity index (χ3n) is 7.18.